The summed E-state index contributed by atoms with van der Waals surface area (Å²) in [5, 5.41) is 12.4. The van der Waals surface area contributed by atoms with Crippen molar-refractivity contribution < 1.29 is 13.3 Å². The fraction of sp³-hybridized carbons (Fsp3) is 0.154. The standard InChI is InChI=1S/C46H46O2Si2.C18H10.C14H19IOSi/c1-7-33-49(34-8-2,47-11-5)39-27-21-37(22-28-39)25-31-45-41-17-13-15-19-43(41)46(44-20-16-14-18-42(44)45)32-26-38-23-29-40(30-24-38)50(35-9-3,36-10-4)48-12-6;1-3-13-15-9-5-7-11-17(15)14(4-2)18-12-8-6-10-16(13)18;1-4-11-17(12-5-2,16-6-3)14-9-7-13(15)8-10-14/h7-10,13-24,27-30H,1-4,11-12,33-36H2,5-6H3;1-2,5-12H;4-5,7-10H,1-2,6,11-12H2,3H3. The minimum Gasteiger partial charge on any atom is -0.412 e. The average molecular weight is 1270 g/mol. The summed E-state index contributed by atoms with van der Waals surface area (Å²) in [6.45, 7) is 32.0. The molecule has 0 aliphatic heterocycles. The Hall–Kier alpha value is -8.04. The first-order valence-electron chi connectivity index (χ1n) is 28.9. The molecule has 9 aromatic rings. The molecule has 0 spiro atoms. The minimum atomic E-state index is -2.22. The van der Waals surface area contributed by atoms with Crippen molar-refractivity contribution in [2.75, 3.05) is 19.8 Å². The van der Waals surface area contributed by atoms with E-state index in [0.29, 0.717) is 13.2 Å². The first kappa shape index (κ1) is 64.5. The van der Waals surface area contributed by atoms with E-state index in [1.165, 1.54) is 19.1 Å². The summed E-state index contributed by atoms with van der Waals surface area (Å²) >= 11 is 2.32. The zero-order valence-electron chi connectivity index (χ0n) is 49.5. The van der Waals surface area contributed by atoms with E-state index in [2.05, 4.69) is 240 Å². The molecular formula is C78H75IO3Si3. The Morgan fingerprint density at radius 2 is 0.565 bits per heavy atom. The Labute approximate surface area is 523 Å². The van der Waals surface area contributed by atoms with Gasteiger partial charge in [0.15, 0.2) is 0 Å². The third-order valence-electron chi connectivity index (χ3n) is 15.1. The van der Waals surface area contributed by atoms with Crippen LogP contribution in [0.5, 0.6) is 0 Å². The molecule has 0 saturated heterocycles. The summed E-state index contributed by atoms with van der Waals surface area (Å²) in [5.74, 6) is 19.7. The van der Waals surface area contributed by atoms with Gasteiger partial charge in [0, 0.05) is 56.8 Å². The van der Waals surface area contributed by atoms with Gasteiger partial charge in [-0.15, -0.1) is 52.3 Å². The van der Waals surface area contributed by atoms with Crippen LogP contribution in [0.3, 0.4) is 0 Å². The maximum absolute atomic E-state index is 6.41. The third-order valence-corrected chi connectivity index (χ3v) is 28.2. The van der Waals surface area contributed by atoms with Crippen LogP contribution in [0, 0.1) is 51.9 Å². The van der Waals surface area contributed by atoms with Crippen LogP contribution in [0.15, 0.2) is 246 Å². The Morgan fingerprint density at radius 3 is 0.776 bits per heavy atom. The molecule has 0 saturated carbocycles. The van der Waals surface area contributed by atoms with Gasteiger partial charge in [0.1, 0.15) is 0 Å². The predicted octanol–water partition coefficient (Wildman–Crippen LogP) is 17.7. The lowest BCUT2D eigenvalue weighted by molar-refractivity contribution is 0.333. The molecule has 424 valence electrons. The molecule has 7 heteroatoms. The zero-order chi connectivity index (χ0) is 60.7. The highest BCUT2D eigenvalue weighted by Crippen LogP contribution is 2.34. The van der Waals surface area contributed by atoms with Crippen LogP contribution in [0.1, 0.15) is 54.2 Å². The minimum absolute atomic E-state index is 0.672. The van der Waals surface area contributed by atoms with E-state index in [0.717, 1.165) is 119 Å². The summed E-state index contributed by atoms with van der Waals surface area (Å²) in [7, 11) is -6.38. The molecule has 0 aliphatic rings. The molecule has 0 amide bonds. The Balaban J connectivity index is 0.000000238. The van der Waals surface area contributed by atoms with Crippen molar-refractivity contribution in [2.45, 2.75) is 57.0 Å². The zero-order valence-corrected chi connectivity index (χ0v) is 54.7. The van der Waals surface area contributed by atoms with Crippen molar-refractivity contribution in [1.29, 1.82) is 0 Å². The van der Waals surface area contributed by atoms with Crippen LogP contribution in [-0.4, -0.2) is 44.8 Å². The number of allylic oxidation sites excluding steroid dienone is 6. The summed E-state index contributed by atoms with van der Waals surface area (Å²) < 4.78 is 20.2. The number of hydrogen-bond acceptors (Lipinski definition) is 3. The molecule has 0 radical (unpaired) electrons. The van der Waals surface area contributed by atoms with Crippen molar-refractivity contribution in [3.05, 3.63) is 283 Å². The molecule has 0 fully saturated rings. The van der Waals surface area contributed by atoms with Crippen LogP contribution < -0.4 is 15.6 Å². The van der Waals surface area contributed by atoms with Crippen LogP contribution in [0.4, 0.5) is 0 Å². The van der Waals surface area contributed by atoms with Gasteiger partial charge < -0.3 is 13.3 Å². The highest BCUT2D eigenvalue weighted by molar-refractivity contribution is 14.1. The van der Waals surface area contributed by atoms with Gasteiger partial charge in [0.2, 0.25) is 25.0 Å². The van der Waals surface area contributed by atoms with E-state index < -0.39 is 25.0 Å². The second-order valence-electron chi connectivity index (χ2n) is 20.4. The van der Waals surface area contributed by atoms with Gasteiger partial charge >= 0.3 is 0 Å². The second kappa shape index (κ2) is 31.7. The molecule has 0 atom stereocenters. The number of rotatable bonds is 21. The van der Waals surface area contributed by atoms with Gasteiger partial charge in [-0.05, 0) is 175 Å². The molecule has 0 unspecified atom stereocenters. The van der Waals surface area contributed by atoms with Crippen molar-refractivity contribution in [1.82, 2.24) is 0 Å². The van der Waals surface area contributed by atoms with Gasteiger partial charge in [0.05, 0.1) is 0 Å². The van der Waals surface area contributed by atoms with Gasteiger partial charge in [-0.1, -0.05) is 205 Å². The van der Waals surface area contributed by atoms with E-state index in [4.69, 9.17) is 26.1 Å². The number of halogens is 1. The highest BCUT2D eigenvalue weighted by Gasteiger charge is 2.36. The van der Waals surface area contributed by atoms with Crippen molar-refractivity contribution in [2.24, 2.45) is 0 Å². The summed E-state index contributed by atoms with van der Waals surface area (Å²) in [4.78, 5) is 0. The second-order valence-corrected chi connectivity index (χ2v) is 32.6. The van der Waals surface area contributed by atoms with E-state index in [1.807, 2.05) is 85.0 Å². The molecule has 3 nitrogen and oxygen atoms in total. The fourth-order valence-electron chi connectivity index (χ4n) is 11.4. The highest BCUT2D eigenvalue weighted by atomic mass is 127. The van der Waals surface area contributed by atoms with Gasteiger partial charge in [-0.2, -0.15) is 0 Å². The number of fused-ring (bicyclic) bond motifs is 4. The predicted molar refractivity (Wildman–Crippen MR) is 384 cm³/mol. The van der Waals surface area contributed by atoms with Gasteiger partial charge in [-0.3, -0.25) is 0 Å². The van der Waals surface area contributed by atoms with Crippen molar-refractivity contribution in [3.63, 3.8) is 0 Å². The normalized spacial score (nSPS) is 11.0. The summed E-state index contributed by atoms with van der Waals surface area (Å²) in [6, 6.07) is 64.0. The molecule has 0 N–H and O–H groups in total. The summed E-state index contributed by atoms with van der Waals surface area (Å²) in [6.07, 6.45) is 23.2. The molecule has 0 bridgehead atoms. The lowest BCUT2D eigenvalue weighted by Crippen LogP contribution is -2.50. The topological polar surface area (TPSA) is 27.7 Å². The number of terminal acetylenes is 2. The quantitative estimate of drug-likeness (QED) is 0.0236. The lowest BCUT2D eigenvalue weighted by atomic mass is 9.92. The number of hydrogen-bond donors (Lipinski definition) is 0. The largest absolute Gasteiger partial charge is 0.412 e. The van der Waals surface area contributed by atoms with E-state index in [1.54, 1.807) is 0 Å². The fourth-order valence-corrected chi connectivity index (χ4v) is 21.6. The smallest absolute Gasteiger partial charge is 0.231 e. The SMILES string of the molecule is C#Cc1c2ccccc2c(C#C)c2ccccc12.C=CC[Si](CC=C)(OCC)c1ccc(C#Cc2c3ccccc3c(C#Cc3ccc([Si](CC=C)(CC=C)OCC)cc3)c3ccccc23)cc1.C=CC[Si](CC=C)(OCC)c1ccc(I)cc1. The molecule has 85 heavy (non-hydrogen) atoms. The Morgan fingerprint density at radius 1 is 0.341 bits per heavy atom. The Bertz CT molecular complexity index is 3690. The monoisotopic (exact) mass is 1270 g/mol. The van der Waals surface area contributed by atoms with Gasteiger partial charge in [-0.25, -0.2) is 0 Å². The maximum Gasteiger partial charge on any atom is 0.231 e. The Kier molecular flexibility index (Phi) is 24.1. The van der Waals surface area contributed by atoms with Crippen LogP contribution in [0.25, 0.3) is 43.1 Å². The number of benzene rings is 9. The summed E-state index contributed by atoms with van der Waals surface area (Å²) in [5.41, 5.74) is 5.77. The van der Waals surface area contributed by atoms with Gasteiger partial charge in [0.25, 0.3) is 0 Å². The van der Waals surface area contributed by atoms with E-state index in [-0.39, 0.29) is 0 Å². The molecule has 9 rings (SSSR count). The van der Waals surface area contributed by atoms with Crippen molar-refractivity contribution in [3.8, 4) is 48.4 Å². The molecule has 0 aliphatic carbocycles. The van der Waals surface area contributed by atoms with Crippen LogP contribution in [-0.2, 0) is 13.3 Å². The lowest BCUT2D eigenvalue weighted by Gasteiger charge is -2.29. The van der Waals surface area contributed by atoms with E-state index >= 15 is 0 Å². The average Bonchev–Trinajstić information content (AvgIpc) is 3.72. The third kappa shape index (κ3) is 15.1. The molecular weight excluding hydrogens is 1200 g/mol. The van der Waals surface area contributed by atoms with Crippen molar-refractivity contribution >= 4 is 106 Å². The molecule has 9 aromatic carbocycles. The maximum atomic E-state index is 6.41. The van der Waals surface area contributed by atoms with Crippen LogP contribution in [0.2, 0.25) is 36.3 Å². The first-order chi connectivity index (χ1) is 41.5. The molecule has 0 aromatic heterocycles. The molecule has 0 heterocycles. The van der Waals surface area contributed by atoms with E-state index in [9.17, 15) is 0 Å². The first-order valence-corrected chi connectivity index (χ1v) is 37.0. The van der Waals surface area contributed by atoms with Crippen LogP contribution >= 0.6 is 22.6 Å².